The Balaban J connectivity index is 2.14. The van der Waals surface area contributed by atoms with Crippen LogP contribution < -0.4 is 5.32 Å². The summed E-state index contributed by atoms with van der Waals surface area (Å²) in [5.74, 6) is -0.00504. The van der Waals surface area contributed by atoms with Gasteiger partial charge in [-0.1, -0.05) is 13.8 Å². The van der Waals surface area contributed by atoms with Crippen LogP contribution in [0, 0.1) is 0 Å². The van der Waals surface area contributed by atoms with Gasteiger partial charge >= 0.3 is 0 Å². The highest BCUT2D eigenvalue weighted by molar-refractivity contribution is 5.94. The molecule has 2 rings (SSSR count). The number of rotatable bonds is 8. The van der Waals surface area contributed by atoms with Gasteiger partial charge in [0, 0.05) is 36.2 Å². The van der Waals surface area contributed by atoms with E-state index in [0.29, 0.717) is 11.3 Å². The molecule has 1 heterocycles. The highest BCUT2D eigenvalue weighted by Gasteiger charge is 2.16. The summed E-state index contributed by atoms with van der Waals surface area (Å²) >= 11 is 0. The molecule has 25 heavy (non-hydrogen) atoms. The molecule has 0 bridgehead atoms. The third-order valence-corrected chi connectivity index (χ3v) is 3.83. The minimum atomic E-state index is -0.0423. The Bertz CT molecular complexity index is 720. The predicted octanol–water partition coefficient (Wildman–Crippen LogP) is 4.29. The number of ketones is 1. The SMILES string of the molecule is CCCN(CCC)C(=O)c1cc(Nc2ccc(C(C)=O)cc2)ccn1. The van der Waals surface area contributed by atoms with Crippen molar-refractivity contribution in [3.05, 3.63) is 53.9 Å². The predicted molar refractivity (Wildman–Crippen MR) is 100 cm³/mol. The standard InChI is InChI=1S/C20H25N3O2/c1-4-12-23(13-5-2)20(25)19-14-18(10-11-21-19)22-17-8-6-16(7-9-17)15(3)24/h6-11,14H,4-5,12-13H2,1-3H3,(H,21,22). The molecule has 0 radical (unpaired) electrons. The van der Waals surface area contributed by atoms with Gasteiger partial charge in [0.2, 0.25) is 0 Å². The summed E-state index contributed by atoms with van der Waals surface area (Å²) in [5.41, 5.74) is 2.76. The highest BCUT2D eigenvalue weighted by atomic mass is 16.2. The average Bonchev–Trinajstić information content (AvgIpc) is 2.61. The molecule has 0 atom stereocenters. The van der Waals surface area contributed by atoms with Crippen LogP contribution in [0.4, 0.5) is 11.4 Å². The van der Waals surface area contributed by atoms with Gasteiger partial charge in [0.25, 0.3) is 5.91 Å². The second-order valence-corrected chi connectivity index (χ2v) is 5.98. The fraction of sp³-hybridized carbons (Fsp3) is 0.350. The van der Waals surface area contributed by atoms with Crippen molar-refractivity contribution in [2.45, 2.75) is 33.6 Å². The maximum Gasteiger partial charge on any atom is 0.272 e. The van der Waals surface area contributed by atoms with E-state index in [1.807, 2.05) is 23.1 Å². The van der Waals surface area contributed by atoms with E-state index in [2.05, 4.69) is 24.1 Å². The van der Waals surface area contributed by atoms with Crippen LogP contribution in [0.1, 0.15) is 54.5 Å². The number of benzene rings is 1. The Hall–Kier alpha value is -2.69. The van der Waals surface area contributed by atoms with Gasteiger partial charge in [-0.2, -0.15) is 0 Å². The van der Waals surface area contributed by atoms with E-state index >= 15 is 0 Å². The zero-order chi connectivity index (χ0) is 18.2. The first-order valence-electron chi connectivity index (χ1n) is 8.68. The summed E-state index contributed by atoms with van der Waals surface area (Å²) in [7, 11) is 0. The maximum absolute atomic E-state index is 12.6. The summed E-state index contributed by atoms with van der Waals surface area (Å²) in [6.45, 7) is 7.14. The molecule has 0 saturated carbocycles. The van der Waals surface area contributed by atoms with Crippen LogP contribution in [0.2, 0.25) is 0 Å². The third-order valence-electron chi connectivity index (χ3n) is 3.83. The van der Waals surface area contributed by atoms with Gasteiger partial charge in [0.1, 0.15) is 5.69 Å². The number of hydrogen-bond donors (Lipinski definition) is 1. The number of carbonyl (C=O) groups is 2. The molecule has 5 nitrogen and oxygen atoms in total. The third kappa shape index (κ3) is 5.14. The first-order chi connectivity index (χ1) is 12.0. The number of Topliss-reactive ketones (excluding diaryl/α,β-unsaturated/α-hetero) is 1. The van der Waals surface area contributed by atoms with Gasteiger partial charge in [-0.3, -0.25) is 14.6 Å². The number of pyridine rings is 1. The molecule has 0 spiro atoms. The van der Waals surface area contributed by atoms with E-state index < -0.39 is 0 Å². The van der Waals surface area contributed by atoms with Gasteiger partial charge in [-0.25, -0.2) is 0 Å². The van der Waals surface area contributed by atoms with Gasteiger partial charge in [0.05, 0.1) is 0 Å². The van der Waals surface area contributed by atoms with Crippen LogP contribution in [-0.2, 0) is 0 Å². The number of nitrogens with one attached hydrogen (secondary N) is 1. The number of hydrogen-bond acceptors (Lipinski definition) is 4. The summed E-state index contributed by atoms with van der Waals surface area (Å²) in [5, 5.41) is 3.25. The van der Waals surface area contributed by atoms with Crippen LogP contribution in [-0.4, -0.2) is 34.7 Å². The molecular formula is C20H25N3O2. The number of nitrogens with zero attached hydrogens (tertiary/aromatic N) is 2. The molecule has 1 N–H and O–H groups in total. The quantitative estimate of drug-likeness (QED) is 0.729. The molecule has 132 valence electrons. The molecule has 0 fully saturated rings. The molecular weight excluding hydrogens is 314 g/mol. The van der Waals surface area contributed by atoms with E-state index in [1.54, 1.807) is 31.3 Å². The lowest BCUT2D eigenvalue weighted by atomic mass is 10.1. The van der Waals surface area contributed by atoms with E-state index in [4.69, 9.17) is 0 Å². The van der Waals surface area contributed by atoms with E-state index in [-0.39, 0.29) is 11.7 Å². The van der Waals surface area contributed by atoms with Crippen LogP contribution in [0.25, 0.3) is 0 Å². The topological polar surface area (TPSA) is 62.3 Å². The Labute approximate surface area is 149 Å². The second-order valence-electron chi connectivity index (χ2n) is 5.98. The number of aromatic nitrogens is 1. The van der Waals surface area contributed by atoms with Crippen molar-refractivity contribution in [2.24, 2.45) is 0 Å². The Morgan fingerprint density at radius 2 is 1.64 bits per heavy atom. The fourth-order valence-electron chi connectivity index (χ4n) is 2.60. The molecule has 0 aliphatic heterocycles. The highest BCUT2D eigenvalue weighted by Crippen LogP contribution is 2.18. The summed E-state index contributed by atoms with van der Waals surface area (Å²) in [6.07, 6.45) is 3.48. The van der Waals surface area contributed by atoms with Crippen molar-refractivity contribution >= 4 is 23.1 Å². The van der Waals surface area contributed by atoms with E-state index in [1.165, 1.54) is 0 Å². The first-order valence-corrected chi connectivity index (χ1v) is 8.68. The molecule has 5 heteroatoms. The van der Waals surface area contributed by atoms with Crippen LogP contribution in [0.5, 0.6) is 0 Å². The van der Waals surface area contributed by atoms with Gasteiger partial charge in [0.15, 0.2) is 5.78 Å². The van der Waals surface area contributed by atoms with Crippen molar-refractivity contribution in [3.63, 3.8) is 0 Å². The maximum atomic E-state index is 12.6. The molecule has 2 aromatic rings. The zero-order valence-corrected chi connectivity index (χ0v) is 15.1. The fourth-order valence-corrected chi connectivity index (χ4v) is 2.60. The number of amides is 1. The average molecular weight is 339 g/mol. The van der Waals surface area contributed by atoms with Gasteiger partial charge < -0.3 is 10.2 Å². The zero-order valence-electron chi connectivity index (χ0n) is 15.1. The monoisotopic (exact) mass is 339 g/mol. The number of carbonyl (C=O) groups excluding carboxylic acids is 2. The van der Waals surface area contributed by atoms with Crippen molar-refractivity contribution in [2.75, 3.05) is 18.4 Å². The minimum absolute atomic E-state index is 0.0373. The van der Waals surface area contributed by atoms with Crippen molar-refractivity contribution in [1.82, 2.24) is 9.88 Å². The van der Waals surface area contributed by atoms with Crippen LogP contribution >= 0.6 is 0 Å². The normalized spacial score (nSPS) is 10.4. The Kier molecular flexibility index (Phi) is 6.69. The summed E-state index contributed by atoms with van der Waals surface area (Å²) in [4.78, 5) is 30.1. The van der Waals surface area contributed by atoms with Crippen molar-refractivity contribution < 1.29 is 9.59 Å². The van der Waals surface area contributed by atoms with E-state index in [9.17, 15) is 9.59 Å². The van der Waals surface area contributed by atoms with Crippen molar-refractivity contribution in [3.8, 4) is 0 Å². The van der Waals surface area contributed by atoms with Gasteiger partial charge in [-0.05, 0) is 56.2 Å². The molecule has 1 aromatic heterocycles. The lowest BCUT2D eigenvalue weighted by molar-refractivity contribution is 0.0749. The van der Waals surface area contributed by atoms with Gasteiger partial charge in [-0.15, -0.1) is 0 Å². The molecule has 0 saturated heterocycles. The summed E-state index contributed by atoms with van der Waals surface area (Å²) in [6, 6.07) is 10.8. The Morgan fingerprint density at radius 1 is 1.00 bits per heavy atom. The van der Waals surface area contributed by atoms with Crippen LogP contribution in [0.3, 0.4) is 0 Å². The molecule has 1 aromatic carbocycles. The second kappa shape index (κ2) is 8.97. The minimum Gasteiger partial charge on any atom is -0.355 e. The molecule has 1 amide bonds. The summed E-state index contributed by atoms with van der Waals surface area (Å²) < 4.78 is 0. The molecule has 0 unspecified atom stereocenters. The van der Waals surface area contributed by atoms with Crippen molar-refractivity contribution in [1.29, 1.82) is 0 Å². The largest absolute Gasteiger partial charge is 0.355 e. The Morgan fingerprint density at radius 3 is 2.20 bits per heavy atom. The lowest BCUT2D eigenvalue weighted by Gasteiger charge is -2.21. The van der Waals surface area contributed by atoms with E-state index in [0.717, 1.165) is 37.3 Å². The number of anilines is 2. The first kappa shape index (κ1) is 18.6. The molecule has 0 aliphatic rings. The molecule has 0 aliphatic carbocycles. The van der Waals surface area contributed by atoms with Crippen LogP contribution in [0.15, 0.2) is 42.6 Å². The smallest absolute Gasteiger partial charge is 0.272 e. The lowest BCUT2D eigenvalue weighted by Crippen LogP contribution is -2.33.